The summed E-state index contributed by atoms with van der Waals surface area (Å²) in [7, 11) is -1.61. The Bertz CT molecular complexity index is 1260. The van der Waals surface area contributed by atoms with Gasteiger partial charge in [0.1, 0.15) is 16.8 Å². The van der Waals surface area contributed by atoms with Gasteiger partial charge in [-0.25, -0.2) is 9.78 Å². The number of aromatic amines is 1. The summed E-state index contributed by atoms with van der Waals surface area (Å²) in [6.45, 7) is 2.04. The van der Waals surface area contributed by atoms with E-state index >= 15 is 0 Å². The normalized spacial score (nSPS) is 21.1. The van der Waals surface area contributed by atoms with Gasteiger partial charge < -0.3 is 24.7 Å². The standard InChI is InChI=1S/C24H29N5O6S/c1-34-17-6-7-18-19(13-17)26-23(25-18)20(27-24(31)29-8-10-35-11-9-29)12-15-2-4-16(5-3-15)21-14-22(30)28-36(21,32)33/h2-7,13,20-21,32-33H,8-12,14H2,1H3,(H,25,26)(H,27,31)(H,28,30)/t20-,21?/m0/s1. The van der Waals surface area contributed by atoms with Crippen molar-refractivity contribution < 1.29 is 28.2 Å². The number of benzene rings is 2. The summed E-state index contributed by atoms with van der Waals surface area (Å²) in [5.74, 6) is 0.938. The molecule has 12 heteroatoms. The first kappa shape index (κ1) is 24.4. The van der Waals surface area contributed by atoms with E-state index in [1.54, 1.807) is 24.1 Å². The lowest BCUT2D eigenvalue weighted by Gasteiger charge is -2.33. The van der Waals surface area contributed by atoms with E-state index in [1.165, 1.54) is 0 Å². The highest BCUT2D eigenvalue weighted by Crippen LogP contribution is 2.56. The number of morpholine rings is 1. The summed E-state index contributed by atoms with van der Waals surface area (Å²) in [5, 5.41) is 2.43. The lowest BCUT2D eigenvalue weighted by molar-refractivity contribution is -0.118. The Morgan fingerprint density at radius 1 is 1.25 bits per heavy atom. The van der Waals surface area contributed by atoms with Crippen LogP contribution in [0.3, 0.4) is 0 Å². The molecule has 2 aromatic carbocycles. The maximum atomic E-state index is 13.0. The van der Waals surface area contributed by atoms with Crippen molar-refractivity contribution in [3.8, 4) is 5.75 Å². The van der Waals surface area contributed by atoms with Crippen LogP contribution in [0.25, 0.3) is 11.0 Å². The molecule has 0 bridgehead atoms. The largest absolute Gasteiger partial charge is 0.497 e. The van der Waals surface area contributed by atoms with Crippen LogP contribution in [0.1, 0.15) is 34.7 Å². The number of imidazole rings is 1. The molecule has 11 nitrogen and oxygen atoms in total. The number of ether oxygens (including phenoxy) is 2. The fourth-order valence-electron chi connectivity index (χ4n) is 4.50. The van der Waals surface area contributed by atoms with Crippen LogP contribution in [0.4, 0.5) is 4.79 Å². The van der Waals surface area contributed by atoms with Crippen LogP contribution >= 0.6 is 10.8 Å². The molecule has 1 unspecified atom stereocenters. The smallest absolute Gasteiger partial charge is 0.318 e. The number of carbonyl (C=O) groups is 2. The molecule has 36 heavy (non-hydrogen) atoms. The average molecular weight is 516 g/mol. The van der Waals surface area contributed by atoms with E-state index in [1.807, 2.05) is 30.3 Å². The molecule has 5 N–H and O–H groups in total. The molecule has 2 atom stereocenters. The fourth-order valence-corrected chi connectivity index (χ4v) is 5.98. The number of fused-ring (bicyclic) bond motifs is 1. The van der Waals surface area contributed by atoms with Crippen LogP contribution in [0.5, 0.6) is 5.75 Å². The fraction of sp³-hybridized carbons (Fsp3) is 0.375. The van der Waals surface area contributed by atoms with Crippen molar-refractivity contribution in [2.75, 3.05) is 33.4 Å². The number of amides is 3. The zero-order chi connectivity index (χ0) is 25.3. The summed E-state index contributed by atoms with van der Waals surface area (Å²) in [5.41, 5.74) is 3.14. The molecule has 192 valence electrons. The second-order valence-electron chi connectivity index (χ2n) is 8.86. The number of urea groups is 1. The van der Waals surface area contributed by atoms with Crippen molar-refractivity contribution in [2.24, 2.45) is 0 Å². The van der Waals surface area contributed by atoms with Crippen molar-refractivity contribution in [1.82, 2.24) is 24.9 Å². The highest BCUT2D eigenvalue weighted by Gasteiger charge is 2.38. The molecule has 0 aliphatic carbocycles. The predicted octanol–water partition coefficient (Wildman–Crippen LogP) is 3.12. The first-order chi connectivity index (χ1) is 17.3. The Kier molecular flexibility index (Phi) is 6.75. The van der Waals surface area contributed by atoms with Crippen LogP contribution in [0.15, 0.2) is 42.5 Å². The molecule has 3 amide bonds. The van der Waals surface area contributed by atoms with Crippen LogP contribution in [-0.2, 0) is 16.0 Å². The molecule has 0 radical (unpaired) electrons. The monoisotopic (exact) mass is 515 g/mol. The summed E-state index contributed by atoms with van der Waals surface area (Å²) < 4.78 is 33.3. The summed E-state index contributed by atoms with van der Waals surface area (Å²) >= 11 is 0. The Morgan fingerprint density at radius 2 is 2.00 bits per heavy atom. The number of nitrogens with zero attached hydrogens (tertiary/aromatic N) is 2. The first-order valence-electron chi connectivity index (χ1n) is 11.7. The van der Waals surface area contributed by atoms with Gasteiger partial charge in [0.05, 0.1) is 43.8 Å². The summed E-state index contributed by atoms with van der Waals surface area (Å²) in [6, 6.07) is 12.2. The molecule has 5 rings (SSSR count). The van der Waals surface area contributed by atoms with Gasteiger partial charge >= 0.3 is 6.03 Å². The highest BCUT2D eigenvalue weighted by molar-refractivity contribution is 8.23. The zero-order valence-corrected chi connectivity index (χ0v) is 20.6. The number of rotatable bonds is 6. The van der Waals surface area contributed by atoms with Crippen LogP contribution < -0.4 is 14.8 Å². The van der Waals surface area contributed by atoms with E-state index in [-0.39, 0.29) is 18.4 Å². The van der Waals surface area contributed by atoms with E-state index in [0.717, 1.165) is 16.6 Å². The number of H-pyrrole nitrogens is 1. The van der Waals surface area contributed by atoms with Crippen molar-refractivity contribution in [3.05, 3.63) is 59.4 Å². The van der Waals surface area contributed by atoms with Gasteiger partial charge in [0, 0.05) is 19.2 Å². The number of carbonyl (C=O) groups excluding carboxylic acids is 2. The SMILES string of the molecule is COc1ccc2nc([C@H](Cc3ccc(C4CC(=O)NS4(O)O)cc3)NC(=O)N3CCOCC3)[nH]c2c1. The number of hydrogen-bond acceptors (Lipinski definition) is 7. The Morgan fingerprint density at radius 3 is 2.67 bits per heavy atom. The van der Waals surface area contributed by atoms with Gasteiger partial charge in [0.25, 0.3) is 0 Å². The minimum atomic E-state index is -3.21. The van der Waals surface area contributed by atoms with Crippen molar-refractivity contribution in [3.63, 3.8) is 0 Å². The van der Waals surface area contributed by atoms with Crippen molar-refractivity contribution >= 4 is 33.7 Å². The Balaban J connectivity index is 1.39. The highest BCUT2D eigenvalue weighted by atomic mass is 32.3. The predicted molar refractivity (Wildman–Crippen MR) is 135 cm³/mol. The van der Waals surface area contributed by atoms with E-state index in [9.17, 15) is 18.7 Å². The molecule has 2 fully saturated rings. The van der Waals surface area contributed by atoms with E-state index in [0.29, 0.717) is 49.9 Å². The number of nitrogens with one attached hydrogen (secondary N) is 3. The van der Waals surface area contributed by atoms with E-state index in [4.69, 9.17) is 14.5 Å². The Labute approximate surface area is 209 Å². The minimum absolute atomic E-state index is 0.0301. The van der Waals surface area contributed by atoms with Gasteiger partial charge in [0.15, 0.2) is 0 Å². The van der Waals surface area contributed by atoms with Crippen LogP contribution in [0.2, 0.25) is 0 Å². The molecule has 2 aliphatic heterocycles. The lowest BCUT2D eigenvalue weighted by atomic mass is 10.0. The van der Waals surface area contributed by atoms with Crippen molar-refractivity contribution in [2.45, 2.75) is 24.1 Å². The number of hydrogen-bond donors (Lipinski definition) is 5. The number of aromatic nitrogens is 2. The van der Waals surface area contributed by atoms with E-state index in [2.05, 4.69) is 15.0 Å². The third-order valence-corrected chi connectivity index (χ3v) is 8.22. The second kappa shape index (κ2) is 9.97. The summed E-state index contributed by atoms with van der Waals surface area (Å²) in [4.78, 5) is 34.5. The molecular formula is C24H29N5O6S. The molecule has 3 heterocycles. The van der Waals surface area contributed by atoms with E-state index < -0.39 is 22.1 Å². The van der Waals surface area contributed by atoms with Gasteiger partial charge in [-0.2, -0.15) is 0 Å². The molecular weight excluding hydrogens is 486 g/mol. The second-order valence-corrected chi connectivity index (χ2v) is 10.8. The Hall–Kier alpha value is -3.32. The van der Waals surface area contributed by atoms with Gasteiger partial charge in [-0.05, 0) is 29.7 Å². The quantitative estimate of drug-likeness (QED) is 0.339. The average Bonchev–Trinajstić information content (AvgIpc) is 3.43. The zero-order valence-electron chi connectivity index (χ0n) is 19.8. The lowest BCUT2D eigenvalue weighted by Crippen LogP contribution is -2.47. The van der Waals surface area contributed by atoms with Crippen LogP contribution in [-0.4, -0.2) is 69.3 Å². The third-order valence-electron chi connectivity index (χ3n) is 6.46. The maximum absolute atomic E-state index is 13.0. The van der Waals surface area contributed by atoms with Gasteiger partial charge in [-0.1, -0.05) is 24.3 Å². The topological polar surface area (TPSA) is 149 Å². The molecule has 1 aromatic heterocycles. The molecule has 0 spiro atoms. The summed E-state index contributed by atoms with van der Waals surface area (Å²) in [6.07, 6.45) is 0.480. The van der Waals surface area contributed by atoms with Crippen LogP contribution in [0, 0.1) is 0 Å². The first-order valence-corrected chi connectivity index (χ1v) is 13.3. The van der Waals surface area contributed by atoms with Crippen molar-refractivity contribution in [1.29, 1.82) is 0 Å². The van der Waals surface area contributed by atoms with Gasteiger partial charge in [-0.15, -0.1) is 10.8 Å². The third kappa shape index (κ3) is 5.12. The molecule has 3 aromatic rings. The minimum Gasteiger partial charge on any atom is -0.497 e. The molecule has 2 saturated heterocycles. The van der Waals surface area contributed by atoms with Gasteiger partial charge in [0.2, 0.25) is 5.91 Å². The molecule has 0 saturated carbocycles. The molecule has 2 aliphatic rings. The number of methoxy groups -OCH3 is 1. The maximum Gasteiger partial charge on any atom is 0.318 e. The van der Waals surface area contributed by atoms with Gasteiger partial charge in [-0.3, -0.25) is 18.6 Å².